The molecule has 4 rings (SSSR count). The van der Waals surface area contributed by atoms with Crippen molar-refractivity contribution in [1.29, 1.82) is 0 Å². The number of ether oxygens (including phenoxy) is 1. The first kappa shape index (κ1) is 20.6. The zero-order valence-corrected chi connectivity index (χ0v) is 16.7. The minimum atomic E-state index is -0.116. The number of rotatable bonds is 5. The van der Waals surface area contributed by atoms with Crippen LogP contribution in [0.15, 0.2) is 34.9 Å². The van der Waals surface area contributed by atoms with Crippen molar-refractivity contribution in [3.63, 3.8) is 0 Å². The van der Waals surface area contributed by atoms with Crippen molar-refractivity contribution in [2.24, 2.45) is 5.92 Å². The number of halogens is 1. The van der Waals surface area contributed by atoms with Gasteiger partial charge in [0.05, 0.1) is 13.2 Å². The molecule has 2 aromatic rings. The molecule has 0 atom stereocenters. The number of nitrogens with zero attached hydrogens (tertiary/aromatic N) is 2. The van der Waals surface area contributed by atoms with Gasteiger partial charge < -0.3 is 24.8 Å². The normalized spacial score (nSPS) is 17.8. The van der Waals surface area contributed by atoms with Crippen molar-refractivity contribution in [2.75, 3.05) is 50.8 Å². The van der Waals surface area contributed by atoms with Gasteiger partial charge in [-0.05, 0) is 31.8 Å². The molecule has 1 aromatic carbocycles. The van der Waals surface area contributed by atoms with Crippen LogP contribution in [0.4, 0.5) is 5.82 Å². The van der Waals surface area contributed by atoms with Gasteiger partial charge in [-0.15, -0.1) is 12.4 Å². The number of anilines is 1. The Bertz CT molecular complexity index is 756. The van der Waals surface area contributed by atoms with Gasteiger partial charge in [0.2, 0.25) is 0 Å². The average molecular weight is 407 g/mol. The maximum Gasteiger partial charge on any atom is 0.259 e. The van der Waals surface area contributed by atoms with E-state index in [2.05, 4.69) is 20.7 Å². The molecular weight excluding hydrogens is 380 g/mol. The number of carbonyl (C=O) groups is 1. The fraction of sp³-hybridized carbons (Fsp3) is 0.500. The van der Waals surface area contributed by atoms with Gasteiger partial charge in [-0.2, -0.15) is 0 Å². The number of carbonyl (C=O) groups excluding carboxylic acids is 1. The van der Waals surface area contributed by atoms with E-state index in [-0.39, 0.29) is 18.3 Å². The molecule has 1 amide bonds. The summed E-state index contributed by atoms with van der Waals surface area (Å²) in [6.07, 6.45) is 2.18. The summed E-state index contributed by atoms with van der Waals surface area (Å²) in [5, 5.41) is 10.7. The van der Waals surface area contributed by atoms with Crippen LogP contribution in [0.3, 0.4) is 0 Å². The second-order valence-electron chi connectivity index (χ2n) is 7.08. The van der Waals surface area contributed by atoms with Gasteiger partial charge in [0.1, 0.15) is 5.56 Å². The van der Waals surface area contributed by atoms with Crippen molar-refractivity contribution < 1.29 is 14.1 Å². The van der Waals surface area contributed by atoms with E-state index in [0.717, 1.165) is 31.5 Å². The summed E-state index contributed by atoms with van der Waals surface area (Å²) >= 11 is 0. The molecule has 0 unspecified atom stereocenters. The molecular formula is C20H27ClN4O3. The minimum Gasteiger partial charge on any atom is -0.378 e. The van der Waals surface area contributed by atoms with Crippen molar-refractivity contribution in [3.05, 3.63) is 35.9 Å². The molecule has 28 heavy (non-hydrogen) atoms. The molecule has 2 aliphatic rings. The Morgan fingerprint density at radius 1 is 1.18 bits per heavy atom. The molecule has 0 bridgehead atoms. The van der Waals surface area contributed by atoms with Crippen LogP contribution in [0.25, 0.3) is 11.3 Å². The van der Waals surface area contributed by atoms with Crippen molar-refractivity contribution in [3.8, 4) is 11.3 Å². The van der Waals surface area contributed by atoms with E-state index in [0.29, 0.717) is 55.9 Å². The number of hydrogen-bond donors (Lipinski definition) is 2. The molecule has 152 valence electrons. The highest BCUT2D eigenvalue weighted by atomic mass is 35.5. The lowest BCUT2D eigenvalue weighted by Crippen LogP contribution is -2.39. The van der Waals surface area contributed by atoms with Gasteiger partial charge in [0.15, 0.2) is 11.6 Å². The highest BCUT2D eigenvalue weighted by Gasteiger charge is 2.29. The minimum absolute atomic E-state index is 0. The van der Waals surface area contributed by atoms with E-state index in [1.807, 2.05) is 30.3 Å². The molecule has 2 fully saturated rings. The molecule has 7 nitrogen and oxygen atoms in total. The number of aromatic nitrogens is 1. The maximum atomic E-state index is 13.1. The SMILES string of the molecule is Cl.O=C(NCC1CCNCC1)c1c(N2CCOCC2)noc1-c1ccccc1. The lowest BCUT2D eigenvalue weighted by Gasteiger charge is -2.27. The fourth-order valence-corrected chi connectivity index (χ4v) is 3.68. The Morgan fingerprint density at radius 3 is 2.61 bits per heavy atom. The van der Waals surface area contributed by atoms with Gasteiger partial charge >= 0.3 is 0 Å². The molecule has 1 aromatic heterocycles. The lowest BCUT2D eigenvalue weighted by molar-refractivity contribution is 0.0943. The summed E-state index contributed by atoms with van der Waals surface area (Å²) < 4.78 is 11.1. The van der Waals surface area contributed by atoms with E-state index in [1.165, 1.54) is 0 Å². The molecule has 8 heteroatoms. The topological polar surface area (TPSA) is 79.6 Å². The molecule has 0 aliphatic carbocycles. The summed E-state index contributed by atoms with van der Waals surface area (Å²) in [4.78, 5) is 15.2. The van der Waals surface area contributed by atoms with Gasteiger partial charge in [0, 0.05) is 25.2 Å². The Labute approximate surface area is 171 Å². The standard InChI is InChI=1S/C20H26N4O3.ClH/c25-20(22-14-15-6-8-21-9-7-15)17-18(16-4-2-1-3-5-16)27-23-19(17)24-10-12-26-13-11-24;/h1-5,15,21H,6-14H2,(H,22,25);1H. The average Bonchev–Trinajstić information content (AvgIpc) is 3.19. The molecule has 0 spiro atoms. The lowest BCUT2D eigenvalue weighted by atomic mass is 9.98. The van der Waals surface area contributed by atoms with Crippen molar-refractivity contribution in [1.82, 2.24) is 15.8 Å². The maximum absolute atomic E-state index is 13.1. The molecule has 0 saturated carbocycles. The van der Waals surface area contributed by atoms with Crippen LogP contribution in [-0.4, -0.2) is 57.0 Å². The Hall–Kier alpha value is -2.09. The predicted octanol–water partition coefficient (Wildman–Crippen LogP) is 2.33. The molecule has 2 N–H and O–H groups in total. The van der Waals surface area contributed by atoms with E-state index in [1.54, 1.807) is 0 Å². The number of benzene rings is 1. The summed E-state index contributed by atoms with van der Waals surface area (Å²) in [7, 11) is 0. The zero-order chi connectivity index (χ0) is 18.5. The number of amides is 1. The molecule has 3 heterocycles. The van der Waals surface area contributed by atoms with Crippen LogP contribution in [0.5, 0.6) is 0 Å². The third-order valence-electron chi connectivity index (χ3n) is 5.26. The quantitative estimate of drug-likeness (QED) is 0.793. The first-order valence-electron chi connectivity index (χ1n) is 9.69. The summed E-state index contributed by atoms with van der Waals surface area (Å²) in [5.41, 5.74) is 1.38. The molecule has 0 radical (unpaired) electrons. The monoisotopic (exact) mass is 406 g/mol. The van der Waals surface area contributed by atoms with Gasteiger partial charge in [-0.1, -0.05) is 35.5 Å². The number of morpholine rings is 1. The summed E-state index contributed by atoms with van der Waals surface area (Å²) in [6.45, 7) is 5.38. The highest BCUT2D eigenvalue weighted by molar-refractivity contribution is 6.04. The molecule has 2 saturated heterocycles. The summed E-state index contributed by atoms with van der Waals surface area (Å²) in [6, 6.07) is 9.69. The fourth-order valence-electron chi connectivity index (χ4n) is 3.68. The summed E-state index contributed by atoms with van der Waals surface area (Å²) in [5.74, 6) is 1.54. The third kappa shape index (κ3) is 4.66. The number of hydrogen-bond acceptors (Lipinski definition) is 6. The highest BCUT2D eigenvalue weighted by Crippen LogP contribution is 2.31. The van der Waals surface area contributed by atoms with Crippen LogP contribution in [-0.2, 0) is 4.74 Å². The largest absolute Gasteiger partial charge is 0.378 e. The van der Waals surface area contributed by atoms with E-state index < -0.39 is 0 Å². The first-order valence-corrected chi connectivity index (χ1v) is 9.69. The van der Waals surface area contributed by atoms with Gasteiger partial charge in [-0.3, -0.25) is 4.79 Å². The number of piperidine rings is 1. The Morgan fingerprint density at radius 2 is 1.89 bits per heavy atom. The third-order valence-corrected chi connectivity index (χ3v) is 5.26. The van der Waals surface area contributed by atoms with Crippen LogP contribution in [0.1, 0.15) is 23.2 Å². The van der Waals surface area contributed by atoms with Crippen LogP contribution in [0.2, 0.25) is 0 Å². The van der Waals surface area contributed by atoms with Crippen molar-refractivity contribution in [2.45, 2.75) is 12.8 Å². The Kier molecular flexibility index (Phi) is 7.30. The second-order valence-corrected chi connectivity index (χ2v) is 7.08. The van der Waals surface area contributed by atoms with E-state index in [4.69, 9.17) is 9.26 Å². The van der Waals surface area contributed by atoms with Crippen molar-refractivity contribution >= 4 is 24.1 Å². The Balaban J connectivity index is 0.00000225. The van der Waals surface area contributed by atoms with Crippen LogP contribution >= 0.6 is 12.4 Å². The van der Waals surface area contributed by atoms with Crippen LogP contribution < -0.4 is 15.5 Å². The van der Waals surface area contributed by atoms with Gasteiger partial charge in [0.25, 0.3) is 5.91 Å². The predicted molar refractivity (Wildman–Crippen MR) is 110 cm³/mol. The smallest absolute Gasteiger partial charge is 0.259 e. The first-order chi connectivity index (χ1) is 13.3. The van der Waals surface area contributed by atoms with Gasteiger partial charge in [-0.25, -0.2) is 0 Å². The van der Waals surface area contributed by atoms with E-state index in [9.17, 15) is 4.79 Å². The zero-order valence-electron chi connectivity index (χ0n) is 15.9. The van der Waals surface area contributed by atoms with E-state index >= 15 is 0 Å². The molecule has 2 aliphatic heterocycles. The second kappa shape index (κ2) is 9.91. The number of nitrogens with one attached hydrogen (secondary N) is 2. The van der Waals surface area contributed by atoms with Crippen LogP contribution in [0, 0.1) is 5.92 Å².